The summed E-state index contributed by atoms with van der Waals surface area (Å²) in [5.41, 5.74) is 4.99. The van der Waals surface area contributed by atoms with Crippen LogP contribution in [0.25, 0.3) is 0 Å². The van der Waals surface area contributed by atoms with Gasteiger partial charge in [0.1, 0.15) is 35.3 Å². The number of carbonyl (C=O) groups is 1. The average Bonchev–Trinajstić information content (AvgIpc) is 1.47. The topological polar surface area (TPSA) is 187 Å². The van der Waals surface area contributed by atoms with E-state index in [4.69, 9.17) is 59.7 Å². The Morgan fingerprint density at radius 2 is 0.810 bits per heavy atom. The molecule has 0 saturated heterocycles. The third kappa shape index (κ3) is 29.7. The lowest BCUT2D eigenvalue weighted by Crippen LogP contribution is -2.48. The van der Waals surface area contributed by atoms with Gasteiger partial charge in [0, 0.05) is 163 Å². The molecule has 1 spiro atoms. The van der Waals surface area contributed by atoms with Gasteiger partial charge in [0.05, 0.1) is 39.6 Å². The highest BCUT2D eigenvalue weighted by Crippen LogP contribution is 2.58. The molecule has 0 radical (unpaired) electrons. The summed E-state index contributed by atoms with van der Waals surface area (Å²) >= 11 is 5.63. The van der Waals surface area contributed by atoms with E-state index >= 15 is 0 Å². The quantitative estimate of drug-likeness (QED) is 0.0401. The molecule has 2 aliphatic rings. The number of thioether (sulfide) groups is 3. The van der Waals surface area contributed by atoms with Gasteiger partial charge >= 0.3 is 17.6 Å². The maximum absolute atomic E-state index is 14.8. The summed E-state index contributed by atoms with van der Waals surface area (Å²) in [6.07, 6.45) is 11.8. The van der Waals surface area contributed by atoms with Crippen molar-refractivity contribution in [1.29, 1.82) is 0 Å². The van der Waals surface area contributed by atoms with Crippen LogP contribution in [0.1, 0.15) is 180 Å². The Morgan fingerprint density at radius 1 is 0.440 bits per heavy atom. The van der Waals surface area contributed by atoms with Gasteiger partial charge in [-0.25, -0.2) is 0 Å². The van der Waals surface area contributed by atoms with Gasteiger partial charge < -0.3 is 84.6 Å². The molecule has 0 fully saturated rings. The van der Waals surface area contributed by atoms with Gasteiger partial charge in [0.2, 0.25) is 0 Å². The van der Waals surface area contributed by atoms with Gasteiger partial charge in [-0.2, -0.15) is 35.3 Å². The van der Waals surface area contributed by atoms with E-state index in [1.807, 2.05) is 95.0 Å². The second-order valence-corrected chi connectivity index (χ2v) is 34.2. The fraction of sp³-hybridized carbons (Fsp3) is 0.750. The molecule has 3 atom stereocenters. The van der Waals surface area contributed by atoms with Crippen molar-refractivity contribution < 1.29 is 74.7 Å². The predicted octanol–water partition coefficient (Wildman–Crippen LogP) is 14.8. The first-order valence-electron chi connectivity index (χ1n) is 38.2. The lowest BCUT2D eigenvalue weighted by atomic mass is 9.74. The number of aliphatic hydroxyl groups excluding tert-OH is 2. The molecule has 3 unspecified atom stereocenters. The standard InChI is InChI=1S/C76H131N3O16S3Si2/c1-11-77(12-2)64-38-40-71-73(56-64)95-74-57-65(78(13-3)14-4)39-41-72(74)76(71)70-37-28-27-36-69(70)75(82)79(76)42-53-98-50-32-46-85-60-67(81)61-88-68(63-87-47-33-49-97-52-35-55-100(92-18-8,93-19-9)94-20-10)62-86-44-30-26-24-22-21-23-25-29-43-83-58-66(80)59-84-45-31-48-96-51-34-54-99(89-15-5,90-16-6)91-17-7/h27-28,36-41,56-57,66-68,80-81H,11-26,29-35,42-55,58-63H2,1-10H3. The van der Waals surface area contributed by atoms with Crippen molar-refractivity contribution in [2.24, 2.45) is 0 Å². The van der Waals surface area contributed by atoms with Crippen LogP contribution >= 0.6 is 35.3 Å². The molecule has 2 N–H and O–H groups in total. The highest BCUT2D eigenvalue weighted by Gasteiger charge is 2.56. The lowest BCUT2D eigenvalue weighted by Gasteiger charge is -2.45. The Kier molecular flexibility index (Phi) is 46.2. The molecule has 3 aromatic rings. The summed E-state index contributed by atoms with van der Waals surface area (Å²) in [6.45, 7) is 32.9. The summed E-state index contributed by atoms with van der Waals surface area (Å²) in [5.74, 6) is 7.18. The summed E-state index contributed by atoms with van der Waals surface area (Å²) in [7, 11) is -5.20. The van der Waals surface area contributed by atoms with Crippen LogP contribution in [0.5, 0.6) is 11.5 Å². The average molecular weight is 1500 g/mol. The van der Waals surface area contributed by atoms with E-state index in [1.54, 1.807) is 0 Å². The zero-order chi connectivity index (χ0) is 72.0. The van der Waals surface area contributed by atoms with Crippen molar-refractivity contribution >= 4 is 70.2 Å². The van der Waals surface area contributed by atoms with Crippen molar-refractivity contribution in [2.75, 3.05) is 189 Å². The highest BCUT2D eigenvalue weighted by atomic mass is 32.2. The van der Waals surface area contributed by atoms with Crippen LogP contribution in [0.2, 0.25) is 12.1 Å². The van der Waals surface area contributed by atoms with Gasteiger partial charge in [0.15, 0.2) is 0 Å². The predicted molar refractivity (Wildman–Crippen MR) is 416 cm³/mol. The highest BCUT2D eigenvalue weighted by molar-refractivity contribution is 7.99. The minimum Gasteiger partial charge on any atom is -0.456 e. The number of unbranched alkanes of at least 4 members (excludes halogenated alkanes) is 7. The number of rotatable bonds is 65. The maximum atomic E-state index is 14.8. The lowest BCUT2D eigenvalue weighted by molar-refractivity contribution is -0.0928. The van der Waals surface area contributed by atoms with Gasteiger partial charge in [-0.15, -0.1) is 0 Å². The molecule has 0 bridgehead atoms. The molecular weight excluding hydrogens is 1360 g/mol. The van der Waals surface area contributed by atoms with E-state index in [2.05, 4.69) is 84.9 Å². The minimum atomic E-state index is -2.63. The molecule has 19 nitrogen and oxygen atoms in total. The maximum Gasteiger partial charge on any atom is 0.500 e. The van der Waals surface area contributed by atoms with Gasteiger partial charge in [-0.05, 0) is 167 Å². The second kappa shape index (κ2) is 52.4. The number of anilines is 2. The Balaban J connectivity index is 0.984. The van der Waals surface area contributed by atoms with Crippen LogP contribution in [-0.2, 0) is 60.5 Å². The van der Waals surface area contributed by atoms with Crippen molar-refractivity contribution in [1.82, 2.24) is 4.90 Å². The van der Waals surface area contributed by atoms with E-state index < -0.39 is 35.4 Å². The van der Waals surface area contributed by atoms with Crippen molar-refractivity contribution in [3.8, 4) is 11.5 Å². The van der Waals surface area contributed by atoms with Gasteiger partial charge in [0.25, 0.3) is 5.91 Å². The largest absolute Gasteiger partial charge is 0.500 e. The first-order valence-corrected chi connectivity index (χ1v) is 45.6. The zero-order valence-corrected chi connectivity index (χ0v) is 67.5. The van der Waals surface area contributed by atoms with Crippen LogP contribution < -0.4 is 14.5 Å². The molecule has 2 aliphatic heterocycles. The van der Waals surface area contributed by atoms with E-state index in [0.29, 0.717) is 106 Å². The number of nitrogens with zero attached hydrogens (tertiary/aromatic N) is 3. The van der Waals surface area contributed by atoms with Gasteiger partial charge in [-0.3, -0.25) is 4.79 Å². The molecule has 0 aliphatic carbocycles. The third-order valence-electron chi connectivity index (χ3n) is 17.7. The number of aliphatic hydroxyl groups is 2. The van der Waals surface area contributed by atoms with Crippen LogP contribution in [-0.4, -0.2) is 236 Å². The molecular formula is C76H131N3O16S3Si2. The van der Waals surface area contributed by atoms with E-state index in [1.165, 1.54) is 19.3 Å². The van der Waals surface area contributed by atoms with Crippen LogP contribution in [0.4, 0.5) is 11.4 Å². The normalized spacial score (nSPS) is 14.4. The van der Waals surface area contributed by atoms with E-state index in [0.717, 1.165) is 182 Å². The SMILES string of the molecule is CCO[Si](CCCSCCCOCC(O)COCCCCCCCCCCOCC(COCCCSCCC[Si](OCC)(OCC)OCC)OCC(O)COCCCSCCN1C(=O)c2ccccc2C12c1ccc(N(CC)CC)cc1Oc1cc(N(CC)CC)ccc12)(OCC)OCC. The zero-order valence-electron chi connectivity index (χ0n) is 63.1. The van der Waals surface area contributed by atoms with E-state index in [-0.39, 0.29) is 25.2 Å². The van der Waals surface area contributed by atoms with Crippen molar-refractivity contribution in [2.45, 2.75) is 189 Å². The van der Waals surface area contributed by atoms with E-state index in [9.17, 15) is 15.0 Å². The number of benzene rings is 3. The smallest absolute Gasteiger partial charge is 0.456 e. The molecule has 0 saturated carbocycles. The number of ether oxygens (including phenoxy) is 7. The monoisotopic (exact) mass is 1490 g/mol. The fourth-order valence-electron chi connectivity index (χ4n) is 13.0. The number of amides is 1. The number of hydrogen-bond acceptors (Lipinski definition) is 21. The molecule has 100 heavy (non-hydrogen) atoms. The first kappa shape index (κ1) is 88.1. The van der Waals surface area contributed by atoms with Crippen molar-refractivity contribution in [3.05, 3.63) is 82.9 Å². The Hall–Kier alpha value is -2.55. The summed E-state index contributed by atoms with van der Waals surface area (Å²) < 4.78 is 79.1. The Labute approximate surface area is 618 Å². The third-order valence-corrected chi connectivity index (χ3v) is 27.4. The summed E-state index contributed by atoms with van der Waals surface area (Å²) in [4.78, 5) is 21.5. The van der Waals surface area contributed by atoms with Crippen molar-refractivity contribution in [3.63, 3.8) is 0 Å². The molecule has 0 aromatic heterocycles. The summed E-state index contributed by atoms with van der Waals surface area (Å²) in [5, 5.41) is 21.4. The molecule has 5 rings (SSSR count). The molecule has 572 valence electrons. The van der Waals surface area contributed by atoms with Crippen LogP contribution in [0.15, 0.2) is 60.7 Å². The Bertz CT molecular complexity index is 2510. The number of hydrogen-bond donors (Lipinski definition) is 2. The van der Waals surface area contributed by atoms with Crippen LogP contribution in [0.3, 0.4) is 0 Å². The van der Waals surface area contributed by atoms with Gasteiger partial charge in [-0.1, -0.05) is 68.9 Å². The second-order valence-electron chi connectivity index (χ2n) is 25.1. The fourth-order valence-corrected chi connectivity index (χ4v) is 21.3. The molecule has 1 amide bonds. The number of fused-ring (bicyclic) bond motifs is 6. The molecule has 3 aromatic carbocycles. The number of carbonyl (C=O) groups excluding carboxylic acids is 1. The molecule has 24 heteroatoms. The minimum absolute atomic E-state index is 0.0253. The van der Waals surface area contributed by atoms with Crippen LogP contribution in [0, 0.1) is 0 Å². The Morgan fingerprint density at radius 3 is 1.23 bits per heavy atom. The summed E-state index contributed by atoms with van der Waals surface area (Å²) in [6, 6.07) is 22.8. The molecule has 2 heterocycles. The first-order chi connectivity index (χ1) is 48.9.